The van der Waals surface area contributed by atoms with E-state index in [2.05, 4.69) is 15.5 Å². The molecule has 0 aliphatic carbocycles. The van der Waals surface area contributed by atoms with Crippen LogP contribution in [0.15, 0.2) is 68.8 Å². The maximum absolute atomic E-state index is 12.5. The molecule has 0 aliphatic rings. The third-order valence-electron chi connectivity index (χ3n) is 5.18. The molecule has 11 heteroatoms. The normalized spacial score (nSPS) is 11.1. The Morgan fingerprint density at radius 2 is 1.94 bits per heavy atom. The average molecular weight is 493 g/mol. The van der Waals surface area contributed by atoms with E-state index in [-0.39, 0.29) is 5.76 Å². The maximum Gasteiger partial charge on any atom is 0.374 e. The van der Waals surface area contributed by atoms with Crippen molar-refractivity contribution < 1.29 is 27.9 Å². The number of carbonyl (C=O) groups excluding carboxylic acids is 2. The minimum atomic E-state index is -0.741. The Kier molecular flexibility index (Phi) is 6.15. The molecule has 0 saturated heterocycles. The van der Waals surface area contributed by atoms with Crippen molar-refractivity contribution in [3.8, 4) is 5.75 Å². The monoisotopic (exact) mass is 492 g/mol. The van der Waals surface area contributed by atoms with Crippen LogP contribution < -0.4 is 10.1 Å². The van der Waals surface area contributed by atoms with Gasteiger partial charge in [0.05, 0.1) is 18.6 Å². The van der Waals surface area contributed by atoms with Gasteiger partial charge >= 0.3 is 5.97 Å². The third kappa shape index (κ3) is 4.71. The molecule has 0 saturated carbocycles. The highest BCUT2D eigenvalue weighted by Crippen LogP contribution is 2.36. The molecule has 0 bridgehead atoms. The number of carbonyl (C=O) groups is 2. The van der Waals surface area contributed by atoms with E-state index in [1.807, 2.05) is 31.3 Å². The minimum Gasteiger partial charge on any atom is -0.495 e. The second-order valence-corrected chi connectivity index (χ2v) is 8.49. The van der Waals surface area contributed by atoms with Crippen molar-refractivity contribution in [2.75, 3.05) is 19.0 Å². The number of hydrogen-bond donors (Lipinski definition) is 1. The van der Waals surface area contributed by atoms with Gasteiger partial charge < -0.3 is 28.2 Å². The van der Waals surface area contributed by atoms with E-state index in [0.717, 1.165) is 21.5 Å². The van der Waals surface area contributed by atoms with Crippen LogP contribution in [0.3, 0.4) is 0 Å². The number of methoxy groups -OCH3 is 1. The molecule has 3 heterocycles. The summed E-state index contributed by atoms with van der Waals surface area (Å²) in [5.74, 6) is 0.224. The van der Waals surface area contributed by atoms with E-state index in [4.69, 9.17) is 18.3 Å². The number of anilines is 1. The van der Waals surface area contributed by atoms with Crippen LogP contribution in [0.5, 0.6) is 5.75 Å². The molecule has 178 valence electrons. The lowest BCUT2D eigenvalue weighted by atomic mass is 10.1. The lowest BCUT2D eigenvalue weighted by Gasteiger charge is -2.10. The molecular weight excluding hydrogens is 472 g/mol. The van der Waals surface area contributed by atoms with E-state index in [9.17, 15) is 9.59 Å². The third-order valence-corrected chi connectivity index (χ3v) is 6.24. The SMILES string of the molecule is COc1cc2c(cc1NC(=O)COC(=O)c1ccc(CSc3nncn3C)o1)oc1ccccc12. The van der Waals surface area contributed by atoms with Gasteiger partial charge in [-0.2, -0.15) is 0 Å². The molecule has 0 spiro atoms. The highest BCUT2D eigenvalue weighted by Gasteiger charge is 2.18. The van der Waals surface area contributed by atoms with Crippen LogP contribution >= 0.6 is 11.8 Å². The van der Waals surface area contributed by atoms with Crippen molar-refractivity contribution >= 4 is 51.3 Å². The first-order valence-electron chi connectivity index (χ1n) is 10.5. The number of esters is 1. The number of furan rings is 2. The number of aromatic nitrogens is 3. The molecule has 1 amide bonds. The molecule has 0 fully saturated rings. The number of para-hydroxylation sites is 1. The molecule has 3 aromatic heterocycles. The fraction of sp³-hybridized carbons (Fsp3) is 0.167. The predicted octanol–water partition coefficient (Wildman–Crippen LogP) is 4.40. The largest absolute Gasteiger partial charge is 0.495 e. The highest BCUT2D eigenvalue weighted by atomic mass is 32.2. The maximum atomic E-state index is 12.5. The lowest BCUT2D eigenvalue weighted by molar-refractivity contribution is -0.119. The smallest absolute Gasteiger partial charge is 0.374 e. The zero-order valence-electron chi connectivity index (χ0n) is 18.8. The Hall–Kier alpha value is -4.25. The van der Waals surface area contributed by atoms with Crippen LogP contribution in [0.2, 0.25) is 0 Å². The van der Waals surface area contributed by atoms with Crippen molar-refractivity contribution in [2.45, 2.75) is 10.9 Å². The van der Waals surface area contributed by atoms with Gasteiger partial charge in [-0.15, -0.1) is 10.2 Å². The predicted molar refractivity (Wildman–Crippen MR) is 128 cm³/mol. The van der Waals surface area contributed by atoms with Crippen molar-refractivity contribution in [3.63, 3.8) is 0 Å². The fourth-order valence-corrected chi connectivity index (χ4v) is 4.29. The molecule has 35 heavy (non-hydrogen) atoms. The van der Waals surface area contributed by atoms with Crippen LogP contribution in [0, 0.1) is 0 Å². The molecule has 0 aliphatic heterocycles. The minimum absolute atomic E-state index is 0.00708. The van der Waals surface area contributed by atoms with E-state index in [1.54, 1.807) is 29.1 Å². The number of amides is 1. The van der Waals surface area contributed by atoms with Gasteiger partial charge in [-0.3, -0.25) is 4.79 Å². The van der Waals surface area contributed by atoms with Crippen molar-refractivity contribution in [2.24, 2.45) is 7.05 Å². The Morgan fingerprint density at radius 1 is 1.09 bits per heavy atom. The number of hydrogen-bond acceptors (Lipinski definition) is 9. The number of rotatable bonds is 8. The summed E-state index contributed by atoms with van der Waals surface area (Å²) in [5, 5.41) is 13.0. The summed E-state index contributed by atoms with van der Waals surface area (Å²) in [7, 11) is 3.35. The number of nitrogens with zero attached hydrogens (tertiary/aromatic N) is 3. The second kappa shape index (κ2) is 9.55. The van der Waals surface area contributed by atoms with E-state index in [0.29, 0.717) is 28.5 Å². The van der Waals surface area contributed by atoms with Gasteiger partial charge in [0.25, 0.3) is 5.91 Å². The summed E-state index contributed by atoms with van der Waals surface area (Å²) in [6.07, 6.45) is 1.60. The molecule has 0 atom stereocenters. The van der Waals surface area contributed by atoms with E-state index >= 15 is 0 Å². The molecule has 0 unspecified atom stereocenters. The lowest BCUT2D eigenvalue weighted by Crippen LogP contribution is -2.21. The summed E-state index contributed by atoms with van der Waals surface area (Å²) in [6, 6.07) is 14.3. The molecule has 10 nitrogen and oxygen atoms in total. The summed E-state index contributed by atoms with van der Waals surface area (Å²) in [5.41, 5.74) is 1.73. The summed E-state index contributed by atoms with van der Waals surface area (Å²) in [6.45, 7) is -0.496. The highest BCUT2D eigenvalue weighted by molar-refractivity contribution is 7.98. The van der Waals surface area contributed by atoms with Crippen LogP contribution in [0.4, 0.5) is 5.69 Å². The van der Waals surface area contributed by atoms with Gasteiger partial charge in [0.15, 0.2) is 11.8 Å². The Morgan fingerprint density at radius 3 is 2.74 bits per heavy atom. The zero-order valence-corrected chi connectivity index (χ0v) is 19.6. The van der Waals surface area contributed by atoms with Crippen LogP contribution in [0.1, 0.15) is 16.3 Å². The van der Waals surface area contributed by atoms with Crippen molar-refractivity contribution in [1.29, 1.82) is 0 Å². The van der Waals surface area contributed by atoms with Crippen molar-refractivity contribution in [1.82, 2.24) is 14.8 Å². The van der Waals surface area contributed by atoms with Gasteiger partial charge in [-0.1, -0.05) is 30.0 Å². The number of benzene rings is 2. The Balaban J connectivity index is 1.20. The standard InChI is InChI=1S/C24H20N4O6S/c1-28-13-25-27-24(28)35-12-14-7-8-19(33-14)23(30)32-11-22(29)26-17-10-20-16(9-21(17)31-2)15-5-3-4-6-18(15)34-20/h3-10,13H,11-12H2,1-2H3,(H,26,29). The molecule has 1 N–H and O–H groups in total. The van der Waals surface area contributed by atoms with E-state index in [1.165, 1.54) is 24.9 Å². The first-order chi connectivity index (χ1) is 17.0. The molecule has 0 radical (unpaired) electrons. The number of fused-ring (bicyclic) bond motifs is 3. The van der Waals surface area contributed by atoms with Crippen molar-refractivity contribution in [3.05, 3.63) is 66.4 Å². The van der Waals surface area contributed by atoms with Gasteiger partial charge in [0.2, 0.25) is 5.76 Å². The quantitative estimate of drug-likeness (QED) is 0.248. The van der Waals surface area contributed by atoms with Gasteiger partial charge in [0.1, 0.15) is 29.0 Å². The molecule has 2 aromatic carbocycles. The first kappa shape index (κ1) is 22.5. The topological polar surface area (TPSA) is 122 Å². The number of thioether (sulfide) groups is 1. The molecular formula is C24H20N4O6S. The van der Waals surface area contributed by atoms with Crippen LogP contribution in [-0.2, 0) is 22.3 Å². The first-order valence-corrected chi connectivity index (χ1v) is 11.5. The fourth-order valence-electron chi connectivity index (χ4n) is 3.51. The van der Waals surface area contributed by atoms with Gasteiger partial charge in [-0.25, -0.2) is 4.79 Å². The van der Waals surface area contributed by atoms with E-state index < -0.39 is 18.5 Å². The van der Waals surface area contributed by atoms with Crippen LogP contribution in [0.25, 0.3) is 21.9 Å². The number of nitrogens with one attached hydrogen (secondary N) is 1. The van der Waals surface area contributed by atoms with Gasteiger partial charge in [-0.05, 0) is 24.3 Å². The molecule has 5 aromatic rings. The average Bonchev–Trinajstić information content (AvgIpc) is 3.59. The Bertz CT molecular complexity index is 1540. The number of ether oxygens (including phenoxy) is 2. The number of aryl methyl sites for hydroxylation is 1. The molecule has 5 rings (SSSR count). The Labute approximate surface area is 203 Å². The summed E-state index contributed by atoms with van der Waals surface area (Å²) in [4.78, 5) is 24.8. The zero-order chi connectivity index (χ0) is 24.4. The summed E-state index contributed by atoms with van der Waals surface area (Å²) < 4.78 is 23.7. The van der Waals surface area contributed by atoms with Gasteiger partial charge in [0, 0.05) is 23.9 Å². The summed E-state index contributed by atoms with van der Waals surface area (Å²) >= 11 is 1.42. The second-order valence-electron chi connectivity index (χ2n) is 7.55. The van der Waals surface area contributed by atoms with Crippen LogP contribution in [-0.4, -0.2) is 40.4 Å².